The van der Waals surface area contributed by atoms with E-state index in [0.717, 1.165) is 11.9 Å². The van der Waals surface area contributed by atoms with Gasteiger partial charge in [-0.2, -0.15) is 0 Å². The minimum absolute atomic E-state index is 0.000196. The van der Waals surface area contributed by atoms with Gasteiger partial charge in [0.1, 0.15) is 5.82 Å². The van der Waals surface area contributed by atoms with Crippen LogP contribution in [0.1, 0.15) is 19.8 Å². The molecular formula is C13H16FN3OS. The molecule has 4 nitrogen and oxygen atoms in total. The third kappa shape index (κ3) is 3.20. The average molecular weight is 281 g/mol. The summed E-state index contributed by atoms with van der Waals surface area (Å²) in [5, 5.41) is 2.81. The van der Waals surface area contributed by atoms with Gasteiger partial charge in [-0.15, -0.1) is 0 Å². The number of aryl methyl sites for hydroxylation is 1. The molecule has 2 aromatic rings. The smallest absolute Gasteiger partial charge is 0.221 e. The molecule has 0 saturated heterocycles. The molecule has 0 aliphatic heterocycles. The second-order valence-electron chi connectivity index (χ2n) is 4.34. The predicted octanol–water partition coefficient (Wildman–Crippen LogP) is 2.75. The average Bonchev–Trinajstić information content (AvgIpc) is 2.68. The summed E-state index contributed by atoms with van der Waals surface area (Å²) in [6, 6.07) is 4.46. The van der Waals surface area contributed by atoms with Crippen LogP contribution in [0.2, 0.25) is 0 Å². The number of nitrogens with zero attached hydrogens (tertiary/aromatic N) is 1. The first-order chi connectivity index (χ1) is 9.11. The second kappa shape index (κ2) is 5.97. The number of H-pyrrole nitrogens is 1. The maximum Gasteiger partial charge on any atom is 0.221 e. The number of carbonyl (C=O) groups excluding carboxylic acids is 1. The zero-order valence-corrected chi connectivity index (χ0v) is 11.5. The van der Waals surface area contributed by atoms with Crippen LogP contribution in [0, 0.1) is 10.6 Å². The van der Waals surface area contributed by atoms with Crippen LogP contribution in [0.3, 0.4) is 0 Å². The molecule has 0 saturated carbocycles. The van der Waals surface area contributed by atoms with Crippen LogP contribution in [0.25, 0.3) is 11.0 Å². The van der Waals surface area contributed by atoms with Gasteiger partial charge in [-0.3, -0.25) is 4.79 Å². The first-order valence-corrected chi connectivity index (χ1v) is 6.67. The van der Waals surface area contributed by atoms with Crippen molar-refractivity contribution < 1.29 is 9.18 Å². The lowest BCUT2D eigenvalue weighted by molar-refractivity contribution is -0.121. The number of aromatic nitrogens is 2. The summed E-state index contributed by atoms with van der Waals surface area (Å²) in [7, 11) is 0. The molecule has 1 amide bonds. The van der Waals surface area contributed by atoms with Crippen molar-refractivity contribution in [1.82, 2.24) is 14.9 Å². The zero-order valence-electron chi connectivity index (χ0n) is 10.7. The van der Waals surface area contributed by atoms with E-state index in [9.17, 15) is 9.18 Å². The fourth-order valence-electron chi connectivity index (χ4n) is 1.92. The molecule has 0 aliphatic carbocycles. The number of carbonyl (C=O) groups is 1. The largest absolute Gasteiger partial charge is 0.356 e. The summed E-state index contributed by atoms with van der Waals surface area (Å²) in [4.78, 5) is 14.5. The molecule has 2 rings (SSSR count). The Kier molecular flexibility index (Phi) is 4.31. The van der Waals surface area contributed by atoms with Crippen LogP contribution in [0.15, 0.2) is 18.2 Å². The lowest BCUT2D eigenvalue weighted by Gasteiger charge is -2.05. The molecule has 1 aromatic carbocycles. The molecule has 0 atom stereocenters. The Morgan fingerprint density at radius 3 is 3.05 bits per heavy atom. The molecule has 0 fully saturated rings. The molecule has 0 radical (unpaired) electrons. The number of imidazole rings is 1. The number of hydrogen-bond donors (Lipinski definition) is 2. The summed E-state index contributed by atoms with van der Waals surface area (Å²) in [6.07, 6.45) is 1.27. The molecule has 0 bridgehead atoms. The number of hydrogen-bond acceptors (Lipinski definition) is 2. The number of halogens is 1. The summed E-state index contributed by atoms with van der Waals surface area (Å²) >= 11 is 5.19. The van der Waals surface area contributed by atoms with Gasteiger partial charge in [-0.05, 0) is 36.8 Å². The van der Waals surface area contributed by atoms with Crippen molar-refractivity contribution in [2.45, 2.75) is 26.3 Å². The Morgan fingerprint density at radius 1 is 1.53 bits per heavy atom. The molecule has 0 spiro atoms. The van der Waals surface area contributed by atoms with E-state index >= 15 is 0 Å². The van der Waals surface area contributed by atoms with E-state index < -0.39 is 0 Å². The van der Waals surface area contributed by atoms with Crippen LogP contribution in [0.5, 0.6) is 0 Å². The monoisotopic (exact) mass is 281 g/mol. The van der Waals surface area contributed by atoms with E-state index in [4.69, 9.17) is 12.2 Å². The minimum atomic E-state index is -0.309. The molecule has 102 valence electrons. The highest BCUT2D eigenvalue weighted by atomic mass is 32.1. The Hall–Kier alpha value is -1.69. The fraction of sp³-hybridized carbons (Fsp3) is 0.385. The maximum atomic E-state index is 13.1. The van der Waals surface area contributed by atoms with Gasteiger partial charge in [-0.1, -0.05) is 6.92 Å². The zero-order chi connectivity index (χ0) is 13.8. The van der Waals surface area contributed by atoms with Crippen molar-refractivity contribution in [3.63, 3.8) is 0 Å². The van der Waals surface area contributed by atoms with Gasteiger partial charge in [-0.25, -0.2) is 4.39 Å². The summed E-state index contributed by atoms with van der Waals surface area (Å²) in [5.74, 6) is -0.309. The highest BCUT2D eigenvalue weighted by molar-refractivity contribution is 7.71. The summed E-state index contributed by atoms with van der Waals surface area (Å²) in [6.45, 7) is 3.17. The number of rotatable bonds is 5. The van der Waals surface area contributed by atoms with Gasteiger partial charge >= 0.3 is 0 Å². The van der Waals surface area contributed by atoms with Crippen molar-refractivity contribution >= 4 is 29.2 Å². The molecule has 1 aromatic heterocycles. The van der Waals surface area contributed by atoms with Crippen LogP contribution in [0.4, 0.5) is 4.39 Å². The minimum Gasteiger partial charge on any atom is -0.356 e. The molecular weight excluding hydrogens is 265 g/mol. The molecule has 0 unspecified atom stereocenters. The second-order valence-corrected chi connectivity index (χ2v) is 4.73. The van der Waals surface area contributed by atoms with Crippen molar-refractivity contribution in [2.75, 3.05) is 6.54 Å². The molecule has 6 heteroatoms. The molecule has 1 heterocycles. The quantitative estimate of drug-likeness (QED) is 0.828. The summed E-state index contributed by atoms with van der Waals surface area (Å²) in [5.41, 5.74) is 1.47. The number of aromatic amines is 1. The van der Waals surface area contributed by atoms with Crippen LogP contribution < -0.4 is 5.32 Å². The van der Waals surface area contributed by atoms with Crippen molar-refractivity contribution in [3.05, 3.63) is 28.8 Å². The van der Waals surface area contributed by atoms with Crippen molar-refractivity contribution in [1.29, 1.82) is 0 Å². The van der Waals surface area contributed by atoms with Gasteiger partial charge < -0.3 is 14.9 Å². The maximum absolute atomic E-state index is 13.1. The van der Waals surface area contributed by atoms with E-state index in [1.54, 1.807) is 6.07 Å². The Morgan fingerprint density at radius 2 is 2.32 bits per heavy atom. The van der Waals surface area contributed by atoms with E-state index in [2.05, 4.69) is 10.3 Å². The fourth-order valence-corrected chi connectivity index (χ4v) is 2.22. The van der Waals surface area contributed by atoms with E-state index in [0.29, 0.717) is 29.8 Å². The first kappa shape index (κ1) is 13.7. The van der Waals surface area contributed by atoms with E-state index in [1.165, 1.54) is 12.1 Å². The Labute approximate surface area is 115 Å². The summed E-state index contributed by atoms with van der Waals surface area (Å²) < 4.78 is 15.4. The number of benzene rings is 1. The highest BCUT2D eigenvalue weighted by Crippen LogP contribution is 2.15. The predicted molar refractivity (Wildman–Crippen MR) is 75.0 cm³/mol. The lowest BCUT2D eigenvalue weighted by Crippen LogP contribution is -2.25. The number of fused-ring (bicyclic) bond motifs is 1. The van der Waals surface area contributed by atoms with E-state index in [-0.39, 0.29) is 11.7 Å². The normalized spacial score (nSPS) is 10.8. The van der Waals surface area contributed by atoms with Crippen molar-refractivity contribution in [2.24, 2.45) is 0 Å². The van der Waals surface area contributed by atoms with Crippen LogP contribution >= 0.6 is 12.2 Å². The lowest BCUT2D eigenvalue weighted by atomic mass is 10.3. The highest BCUT2D eigenvalue weighted by Gasteiger charge is 2.07. The van der Waals surface area contributed by atoms with Crippen LogP contribution in [-0.4, -0.2) is 22.0 Å². The van der Waals surface area contributed by atoms with Crippen molar-refractivity contribution in [3.8, 4) is 0 Å². The number of nitrogens with one attached hydrogen (secondary N) is 2. The first-order valence-electron chi connectivity index (χ1n) is 6.26. The SMILES string of the molecule is CCCNC(=O)CCn1c(=S)[nH]c2cc(F)ccc21. The number of amides is 1. The van der Waals surface area contributed by atoms with Crippen LogP contribution in [-0.2, 0) is 11.3 Å². The van der Waals surface area contributed by atoms with Gasteiger partial charge in [0.15, 0.2) is 4.77 Å². The topological polar surface area (TPSA) is 49.8 Å². The Bertz CT molecular complexity index is 647. The molecule has 2 N–H and O–H groups in total. The van der Waals surface area contributed by atoms with Gasteiger partial charge in [0, 0.05) is 19.5 Å². The standard InChI is InChI=1S/C13H16FN3OS/c1-2-6-15-12(18)5-7-17-11-4-3-9(14)8-10(11)16-13(17)19/h3-4,8H,2,5-7H2,1H3,(H,15,18)(H,16,19). The van der Waals surface area contributed by atoms with E-state index in [1.807, 2.05) is 11.5 Å². The van der Waals surface area contributed by atoms with Gasteiger partial charge in [0.05, 0.1) is 11.0 Å². The third-order valence-corrected chi connectivity index (χ3v) is 3.19. The van der Waals surface area contributed by atoms with Gasteiger partial charge in [0.25, 0.3) is 0 Å². The molecule has 19 heavy (non-hydrogen) atoms. The van der Waals surface area contributed by atoms with Gasteiger partial charge in [0.2, 0.25) is 5.91 Å². The molecule has 0 aliphatic rings. The third-order valence-electron chi connectivity index (χ3n) is 2.87. The Balaban J connectivity index is 2.14.